The van der Waals surface area contributed by atoms with E-state index in [1.165, 1.54) is 41.3 Å². The quantitative estimate of drug-likeness (QED) is 0.787. The maximum atomic E-state index is 13.2. The number of amides is 1. The molecule has 0 aliphatic carbocycles. The standard InChI is InChI=1S/C20H18F3NO3/c21-14-4-6-17(7-5-14)24-9-8-20(27,19(24)26)18(25)3-1-2-13-10-15(22)12-16(23)11-13/h4-7,10-12,27H,1-3,8-9H2/t20-/m0/s1. The number of Topliss-reactive ketones (excluding diaryl/α,β-unsaturated/α-hetero) is 1. The van der Waals surface area contributed by atoms with Crippen molar-refractivity contribution in [1.29, 1.82) is 0 Å². The number of anilines is 1. The smallest absolute Gasteiger partial charge is 0.266 e. The highest BCUT2D eigenvalue weighted by atomic mass is 19.1. The molecule has 0 spiro atoms. The molecule has 0 saturated carbocycles. The fourth-order valence-corrected chi connectivity index (χ4v) is 3.25. The van der Waals surface area contributed by atoms with Crippen LogP contribution in [-0.4, -0.2) is 28.9 Å². The number of aryl methyl sites for hydroxylation is 1. The van der Waals surface area contributed by atoms with Crippen LogP contribution in [0.5, 0.6) is 0 Å². The summed E-state index contributed by atoms with van der Waals surface area (Å²) in [4.78, 5) is 26.2. The Bertz CT molecular complexity index is 849. The molecular weight excluding hydrogens is 359 g/mol. The van der Waals surface area contributed by atoms with Crippen molar-refractivity contribution >= 4 is 17.4 Å². The minimum absolute atomic E-state index is 0.0589. The van der Waals surface area contributed by atoms with E-state index in [1.807, 2.05) is 0 Å². The average Bonchev–Trinajstić information content (AvgIpc) is 2.91. The summed E-state index contributed by atoms with van der Waals surface area (Å²) in [5.41, 5.74) is -1.32. The summed E-state index contributed by atoms with van der Waals surface area (Å²) in [5.74, 6) is -3.22. The molecule has 1 atom stereocenters. The molecule has 1 fully saturated rings. The van der Waals surface area contributed by atoms with Crippen LogP contribution in [0.2, 0.25) is 0 Å². The lowest BCUT2D eigenvalue weighted by atomic mass is 9.92. The first-order valence-electron chi connectivity index (χ1n) is 8.58. The summed E-state index contributed by atoms with van der Waals surface area (Å²) in [7, 11) is 0. The zero-order chi connectivity index (χ0) is 19.6. The van der Waals surface area contributed by atoms with Crippen molar-refractivity contribution in [3.63, 3.8) is 0 Å². The number of benzene rings is 2. The Morgan fingerprint density at radius 1 is 1.04 bits per heavy atom. The fraction of sp³-hybridized carbons (Fsp3) is 0.300. The number of halogens is 3. The molecule has 0 bridgehead atoms. The van der Waals surface area contributed by atoms with Crippen molar-refractivity contribution in [2.45, 2.75) is 31.3 Å². The highest BCUT2D eigenvalue weighted by molar-refractivity contribution is 6.17. The van der Waals surface area contributed by atoms with Crippen LogP contribution in [0.1, 0.15) is 24.8 Å². The molecule has 7 heteroatoms. The second-order valence-corrected chi connectivity index (χ2v) is 6.60. The molecule has 1 aliphatic heterocycles. The number of rotatable bonds is 6. The van der Waals surface area contributed by atoms with Gasteiger partial charge in [0.05, 0.1) is 0 Å². The molecule has 1 aliphatic rings. The number of hydrogen-bond acceptors (Lipinski definition) is 3. The fourth-order valence-electron chi connectivity index (χ4n) is 3.25. The third-order valence-corrected chi connectivity index (χ3v) is 4.69. The number of aliphatic hydroxyl groups is 1. The lowest BCUT2D eigenvalue weighted by Crippen LogP contribution is -2.46. The lowest BCUT2D eigenvalue weighted by molar-refractivity contribution is -0.147. The minimum Gasteiger partial charge on any atom is -0.373 e. The highest BCUT2D eigenvalue weighted by Crippen LogP contribution is 2.30. The molecule has 1 amide bonds. The average molecular weight is 377 g/mol. The lowest BCUT2D eigenvalue weighted by Gasteiger charge is -2.21. The monoisotopic (exact) mass is 377 g/mol. The first kappa shape index (κ1) is 19.1. The Morgan fingerprint density at radius 2 is 1.67 bits per heavy atom. The maximum absolute atomic E-state index is 13.2. The maximum Gasteiger partial charge on any atom is 0.266 e. The van der Waals surface area contributed by atoms with Crippen molar-refractivity contribution < 1.29 is 27.9 Å². The summed E-state index contributed by atoms with van der Waals surface area (Å²) >= 11 is 0. The molecule has 0 aromatic heterocycles. The summed E-state index contributed by atoms with van der Waals surface area (Å²) in [5, 5.41) is 10.6. The van der Waals surface area contributed by atoms with Crippen molar-refractivity contribution in [3.8, 4) is 0 Å². The van der Waals surface area contributed by atoms with Crippen LogP contribution in [0.15, 0.2) is 42.5 Å². The van der Waals surface area contributed by atoms with Gasteiger partial charge in [-0.05, 0) is 54.8 Å². The van der Waals surface area contributed by atoms with Gasteiger partial charge in [0.1, 0.15) is 17.5 Å². The summed E-state index contributed by atoms with van der Waals surface area (Å²) < 4.78 is 39.4. The molecule has 4 nitrogen and oxygen atoms in total. The largest absolute Gasteiger partial charge is 0.373 e. The Morgan fingerprint density at radius 3 is 2.30 bits per heavy atom. The van der Waals surface area contributed by atoms with Crippen molar-refractivity contribution in [3.05, 3.63) is 65.5 Å². The van der Waals surface area contributed by atoms with Crippen LogP contribution in [-0.2, 0) is 16.0 Å². The Hall–Kier alpha value is -2.67. The first-order valence-corrected chi connectivity index (χ1v) is 8.58. The minimum atomic E-state index is -2.12. The van der Waals surface area contributed by atoms with Crippen LogP contribution < -0.4 is 4.90 Å². The molecule has 1 N–H and O–H groups in total. The van der Waals surface area contributed by atoms with E-state index in [9.17, 15) is 27.9 Å². The predicted molar refractivity (Wildman–Crippen MR) is 92.6 cm³/mol. The van der Waals surface area contributed by atoms with E-state index < -0.39 is 34.7 Å². The second kappa shape index (κ2) is 7.52. The van der Waals surface area contributed by atoms with E-state index in [2.05, 4.69) is 0 Å². The number of hydrogen-bond donors (Lipinski definition) is 1. The third kappa shape index (κ3) is 4.03. The Labute approximate surface area is 154 Å². The molecule has 27 heavy (non-hydrogen) atoms. The van der Waals surface area contributed by atoms with Gasteiger partial charge >= 0.3 is 0 Å². The Balaban J connectivity index is 1.62. The summed E-state index contributed by atoms with van der Waals surface area (Å²) in [6.07, 6.45) is 0.328. The number of carbonyl (C=O) groups excluding carboxylic acids is 2. The van der Waals surface area contributed by atoms with Gasteiger partial charge < -0.3 is 10.0 Å². The van der Waals surface area contributed by atoms with Gasteiger partial charge in [0.2, 0.25) is 5.60 Å². The van der Waals surface area contributed by atoms with E-state index in [4.69, 9.17) is 0 Å². The topological polar surface area (TPSA) is 57.6 Å². The zero-order valence-corrected chi connectivity index (χ0v) is 14.4. The van der Waals surface area contributed by atoms with E-state index >= 15 is 0 Å². The Kier molecular flexibility index (Phi) is 5.32. The molecule has 3 rings (SSSR count). The van der Waals surface area contributed by atoms with Gasteiger partial charge in [-0.2, -0.15) is 0 Å². The van der Waals surface area contributed by atoms with E-state index in [0.29, 0.717) is 11.3 Å². The normalized spacial score (nSPS) is 19.6. The SMILES string of the molecule is O=C(CCCc1cc(F)cc(F)c1)[C@@]1(O)CCN(c2ccc(F)cc2)C1=O. The van der Waals surface area contributed by atoms with Gasteiger partial charge in [-0.15, -0.1) is 0 Å². The van der Waals surface area contributed by atoms with Crippen molar-refractivity contribution in [2.75, 3.05) is 11.4 Å². The van der Waals surface area contributed by atoms with Crippen LogP contribution in [0.3, 0.4) is 0 Å². The van der Waals surface area contributed by atoms with Crippen LogP contribution in [0, 0.1) is 17.5 Å². The highest BCUT2D eigenvalue weighted by Gasteiger charge is 2.50. The van der Waals surface area contributed by atoms with Crippen molar-refractivity contribution in [1.82, 2.24) is 0 Å². The van der Waals surface area contributed by atoms with Crippen LogP contribution in [0.25, 0.3) is 0 Å². The molecule has 142 valence electrons. The summed E-state index contributed by atoms with van der Waals surface area (Å²) in [6.45, 7) is 0.141. The van der Waals surface area contributed by atoms with E-state index in [0.717, 1.165) is 6.07 Å². The van der Waals surface area contributed by atoms with Gasteiger partial charge in [-0.3, -0.25) is 9.59 Å². The number of nitrogens with zero attached hydrogens (tertiary/aromatic N) is 1. The zero-order valence-electron chi connectivity index (χ0n) is 14.4. The molecule has 0 radical (unpaired) electrons. The molecule has 2 aromatic carbocycles. The number of carbonyl (C=O) groups is 2. The first-order chi connectivity index (χ1) is 12.8. The molecule has 1 saturated heterocycles. The molecule has 1 heterocycles. The van der Waals surface area contributed by atoms with Crippen LogP contribution in [0.4, 0.5) is 18.9 Å². The second-order valence-electron chi connectivity index (χ2n) is 6.60. The number of ketones is 1. The van der Waals surface area contributed by atoms with E-state index in [-0.39, 0.29) is 32.2 Å². The van der Waals surface area contributed by atoms with Gasteiger partial charge in [0, 0.05) is 31.1 Å². The molecule has 0 unspecified atom stereocenters. The van der Waals surface area contributed by atoms with Gasteiger partial charge in [0.25, 0.3) is 5.91 Å². The predicted octanol–water partition coefficient (Wildman–Crippen LogP) is 3.16. The van der Waals surface area contributed by atoms with Gasteiger partial charge in [-0.1, -0.05) is 0 Å². The van der Waals surface area contributed by atoms with E-state index in [1.54, 1.807) is 0 Å². The van der Waals surface area contributed by atoms with Crippen LogP contribution >= 0.6 is 0 Å². The van der Waals surface area contributed by atoms with Gasteiger partial charge in [-0.25, -0.2) is 13.2 Å². The van der Waals surface area contributed by atoms with Crippen molar-refractivity contribution in [2.24, 2.45) is 0 Å². The van der Waals surface area contributed by atoms with Gasteiger partial charge in [0.15, 0.2) is 5.78 Å². The summed E-state index contributed by atoms with van der Waals surface area (Å²) in [6, 6.07) is 8.32. The third-order valence-electron chi connectivity index (χ3n) is 4.69. The molecular formula is C20H18F3NO3. The molecule has 2 aromatic rings.